The molecule has 5 atom stereocenters. The van der Waals surface area contributed by atoms with Gasteiger partial charge in [-0.3, -0.25) is 20.3 Å². The Kier molecular flexibility index (Phi) is 4.43. The molecule has 25 heavy (non-hydrogen) atoms. The molecule has 0 spiro atoms. The smallest absolute Gasteiger partial charge is 0.241 e. The first-order valence-electron chi connectivity index (χ1n) is 9.15. The normalized spacial score (nSPS) is 34.7. The molecular formula is C18H24N4O3. The largest absolute Gasteiger partial charge is 0.334 e. The van der Waals surface area contributed by atoms with Gasteiger partial charge in [0.25, 0.3) is 0 Å². The van der Waals surface area contributed by atoms with Gasteiger partial charge in [0.05, 0.1) is 6.04 Å². The zero-order valence-corrected chi connectivity index (χ0v) is 14.1. The van der Waals surface area contributed by atoms with Crippen LogP contribution >= 0.6 is 0 Å². The highest BCUT2D eigenvalue weighted by atomic mass is 16.6. The molecule has 0 bridgehead atoms. The number of amides is 1. The summed E-state index contributed by atoms with van der Waals surface area (Å²) in [5.41, 5.74) is 7.52. The molecule has 5 unspecified atom stereocenters. The summed E-state index contributed by atoms with van der Waals surface area (Å²) in [5, 5.41) is 11.2. The van der Waals surface area contributed by atoms with Gasteiger partial charge in [-0.2, -0.15) is 0 Å². The number of carbonyl (C=O) groups excluding carboxylic acids is 1. The maximum atomic E-state index is 13.2. The number of nitro groups is 1. The Morgan fingerprint density at radius 2 is 1.96 bits per heavy atom. The Balaban J connectivity index is 1.51. The van der Waals surface area contributed by atoms with Crippen LogP contribution < -0.4 is 10.9 Å². The SMILES string of the molecule is O=C(C1NNC2CCC([N+](=O)[O-])CC21)N1CCCC1c1ccccc1. The van der Waals surface area contributed by atoms with Crippen LogP contribution in [0.2, 0.25) is 0 Å². The minimum atomic E-state index is -0.526. The van der Waals surface area contributed by atoms with Gasteiger partial charge in [-0.25, -0.2) is 5.43 Å². The number of likely N-dealkylation sites (tertiary alicyclic amines) is 1. The highest BCUT2D eigenvalue weighted by molar-refractivity contribution is 5.83. The van der Waals surface area contributed by atoms with Crippen LogP contribution in [0.3, 0.4) is 0 Å². The highest BCUT2D eigenvalue weighted by Gasteiger charge is 2.48. The van der Waals surface area contributed by atoms with E-state index < -0.39 is 6.04 Å². The van der Waals surface area contributed by atoms with E-state index in [-0.39, 0.29) is 34.9 Å². The van der Waals surface area contributed by atoms with Crippen molar-refractivity contribution in [2.45, 2.75) is 56.3 Å². The van der Waals surface area contributed by atoms with Crippen LogP contribution in [0, 0.1) is 16.0 Å². The molecule has 7 heteroatoms. The van der Waals surface area contributed by atoms with Crippen LogP contribution in [0.25, 0.3) is 0 Å². The van der Waals surface area contributed by atoms with Crippen LogP contribution in [-0.4, -0.2) is 40.4 Å². The van der Waals surface area contributed by atoms with Crippen molar-refractivity contribution in [1.29, 1.82) is 0 Å². The van der Waals surface area contributed by atoms with Crippen molar-refractivity contribution in [2.75, 3.05) is 6.54 Å². The molecule has 0 radical (unpaired) electrons. The average Bonchev–Trinajstić information content (AvgIpc) is 3.28. The molecule has 4 rings (SSSR count). The molecule has 1 amide bonds. The predicted octanol–water partition coefficient (Wildman–Crippen LogP) is 1.64. The van der Waals surface area contributed by atoms with Crippen molar-refractivity contribution in [3.8, 4) is 0 Å². The Bertz CT molecular complexity index is 653. The summed E-state index contributed by atoms with van der Waals surface area (Å²) in [6.45, 7) is 0.757. The standard InChI is InChI=1S/C18H24N4O3/c23-18(21-10-4-7-16(21)12-5-2-1-3-6-12)17-14-11-13(22(24)25)8-9-15(14)19-20-17/h1-3,5-6,13-17,19-20H,4,7-11H2. The maximum Gasteiger partial charge on any atom is 0.241 e. The fraction of sp³-hybridized carbons (Fsp3) is 0.611. The third-order valence-electron chi connectivity index (χ3n) is 6.01. The molecule has 2 aliphatic heterocycles. The number of hydrogen-bond donors (Lipinski definition) is 2. The Labute approximate surface area is 146 Å². The van der Waals surface area contributed by atoms with Crippen molar-refractivity contribution in [2.24, 2.45) is 5.92 Å². The molecule has 0 aromatic heterocycles. The minimum Gasteiger partial charge on any atom is -0.334 e. The van der Waals surface area contributed by atoms with Crippen molar-refractivity contribution >= 4 is 5.91 Å². The zero-order chi connectivity index (χ0) is 17.4. The zero-order valence-electron chi connectivity index (χ0n) is 14.1. The van der Waals surface area contributed by atoms with Crippen molar-refractivity contribution in [1.82, 2.24) is 15.8 Å². The lowest BCUT2D eigenvalue weighted by Gasteiger charge is -2.32. The molecule has 3 fully saturated rings. The van der Waals surface area contributed by atoms with E-state index >= 15 is 0 Å². The van der Waals surface area contributed by atoms with Gasteiger partial charge in [-0.15, -0.1) is 0 Å². The summed E-state index contributed by atoms with van der Waals surface area (Å²) < 4.78 is 0. The summed E-state index contributed by atoms with van der Waals surface area (Å²) in [4.78, 5) is 26.2. The quantitative estimate of drug-likeness (QED) is 0.643. The third kappa shape index (κ3) is 3.02. The topological polar surface area (TPSA) is 87.5 Å². The number of carbonyl (C=O) groups is 1. The highest BCUT2D eigenvalue weighted by Crippen LogP contribution is 2.36. The van der Waals surface area contributed by atoms with E-state index in [1.807, 2.05) is 23.1 Å². The number of benzene rings is 1. The van der Waals surface area contributed by atoms with E-state index in [1.54, 1.807) is 0 Å². The number of rotatable bonds is 3. The van der Waals surface area contributed by atoms with Gasteiger partial charge in [0.15, 0.2) is 0 Å². The third-order valence-corrected chi connectivity index (χ3v) is 6.01. The summed E-state index contributed by atoms with van der Waals surface area (Å²) in [5.74, 6) is 0.0732. The molecule has 1 aromatic carbocycles. The number of fused-ring (bicyclic) bond motifs is 1. The second kappa shape index (κ2) is 6.72. The summed E-state index contributed by atoms with van der Waals surface area (Å²) in [7, 11) is 0. The molecule has 2 heterocycles. The molecule has 2 saturated heterocycles. The van der Waals surface area contributed by atoms with Gasteiger partial charge in [0.2, 0.25) is 11.9 Å². The second-order valence-corrected chi connectivity index (χ2v) is 7.39. The lowest BCUT2D eigenvalue weighted by Crippen LogP contribution is -2.48. The summed E-state index contributed by atoms with van der Waals surface area (Å²) >= 11 is 0. The Morgan fingerprint density at radius 3 is 2.72 bits per heavy atom. The Morgan fingerprint density at radius 1 is 1.16 bits per heavy atom. The average molecular weight is 344 g/mol. The fourth-order valence-electron chi connectivity index (χ4n) is 4.70. The fourth-order valence-corrected chi connectivity index (χ4v) is 4.70. The predicted molar refractivity (Wildman–Crippen MR) is 92.1 cm³/mol. The van der Waals surface area contributed by atoms with Crippen molar-refractivity contribution in [3.05, 3.63) is 46.0 Å². The van der Waals surface area contributed by atoms with Gasteiger partial charge >= 0.3 is 0 Å². The van der Waals surface area contributed by atoms with E-state index in [1.165, 1.54) is 5.56 Å². The van der Waals surface area contributed by atoms with E-state index in [9.17, 15) is 14.9 Å². The number of nitrogens with zero attached hydrogens (tertiary/aromatic N) is 2. The molecule has 2 N–H and O–H groups in total. The van der Waals surface area contributed by atoms with Crippen LogP contribution in [0.5, 0.6) is 0 Å². The molecule has 1 aromatic rings. The molecule has 3 aliphatic rings. The first kappa shape index (κ1) is 16.5. The lowest BCUT2D eigenvalue weighted by atomic mass is 9.79. The Hall–Kier alpha value is -1.99. The first-order valence-corrected chi connectivity index (χ1v) is 9.15. The summed E-state index contributed by atoms with van der Waals surface area (Å²) in [6, 6.07) is 9.52. The number of nitrogens with one attached hydrogen (secondary N) is 2. The van der Waals surface area contributed by atoms with Crippen LogP contribution in [-0.2, 0) is 4.79 Å². The molecule has 1 saturated carbocycles. The van der Waals surface area contributed by atoms with Crippen LogP contribution in [0.4, 0.5) is 0 Å². The van der Waals surface area contributed by atoms with Crippen molar-refractivity contribution in [3.63, 3.8) is 0 Å². The first-order chi connectivity index (χ1) is 12.1. The number of hydrazine groups is 1. The van der Waals surface area contributed by atoms with Gasteiger partial charge in [-0.1, -0.05) is 30.3 Å². The molecule has 7 nitrogen and oxygen atoms in total. The minimum absolute atomic E-state index is 0.00586. The van der Waals surface area contributed by atoms with Gasteiger partial charge in [-0.05, 0) is 24.8 Å². The summed E-state index contributed by atoms with van der Waals surface area (Å²) in [6.07, 6.45) is 3.77. The molecular weight excluding hydrogens is 320 g/mol. The van der Waals surface area contributed by atoms with Crippen molar-refractivity contribution < 1.29 is 9.72 Å². The lowest BCUT2D eigenvalue weighted by molar-refractivity contribution is -0.528. The number of hydrogen-bond acceptors (Lipinski definition) is 5. The van der Waals surface area contributed by atoms with Gasteiger partial charge < -0.3 is 4.90 Å². The maximum absolute atomic E-state index is 13.2. The van der Waals surface area contributed by atoms with Crippen LogP contribution in [0.15, 0.2) is 30.3 Å². The van der Waals surface area contributed by atoms with E-state index in [0.29, 0.717) is 12.8 Å². The van der Waals surface area contributed by atoms with E-state index in [4.69, 9.17) is 0 Å². The van der Waals surface area contributed by atoms with Gasteiger partial charge in [0.1, 0.15) is 6.04 Å². The molecule has 134 valence electrons. The van der Waals surface area contributed by atoms with Gasteiger partial charge in [0, 0.05) is 36.3 Å². The van der Waals surface area contributed by atoms with Crippen LogP contribution in [0.1, 0.15) is 43.7 Å². The molecule has 1 aliphatic carbocycles. The van der Waals surface area contributed by atoms with E-state index in [0.717, 1.165) is 25.8 Å². The second-order valence-electron chi connectivity index (χ2n) is 7.39. The van der Waals surface area contributed by atoms with E-state index in [2.05, 4.69) is 23.0 Å². The monoisotopic (exact) mass is 344 g/mol.